The fourth-order valence-corrected chi connectivity index (χ4v) is 3.77. The standard InChI is InChI=1S/C16H28N2O3/c1-4-20-12-9-16(17,15(12,2)3)14(19)18-11-7-8-21-13(11)10-5-6-10/h10-13H,4-9,17H2,1-3H3,(H,18,19). The summed E-state index contributed by atoms with van der Waals surface area (Å²) in [5, 5.41) is 3.17. The molecule has 120 valence electrons. The van der Waals surface area contributed by atoms with Gasteiger partial charge in [0.25, 0.3) is 0 Å². The van der Waals surface area contributed by atoms with E-state index in [1.807, 2.05) is 20.8 Å². The Morgan fingerprint density at radius 2 is 2.10 bits per heavy atom. The van der Waals surface area contributed by atoms with Crippen molar-refractivity contribution in [2.75, 3.05) is 13.2 Å². The van der Waals surface area contributed by atoms with Crippen molar-refractivity contribution in [2.45, 2.75) is 70.2 Å². The molecule has 3 rings (SSSR count). The predicted molar refractivity (Wildman–Crippen MR) is 79.7 cm³/mol. The molecule has 0 radical (unpaired) electrons. The van der Waals surface area contributed by atoms with Gasteiger partial charge in [-0.05, 0) is 32.1 Å². The van der Waals surface area contributed by atoms with Gasteiger partial charge in [0.15, 0.2) is 0 Å². The molecule has 2 aliphatic carbocycles. The van der Waals surface area contributed by atoms with E-state index in [0.29, 0.717) is 18.9 Å². The Hall–Kier alpha value is -0.650. The third-order valence-electron chi connectivity index (χ3n) is 5.77. The molecule has 0 aromatic carbocycles. The van der Waals surface area contributed by atoms with E-state index in [9.17, 15) is 4.79 Å². The minimum absolute atomic E-state index is 0.0374. The van der Waals surface area contributed by atoms with Crippen molar-refractivity contribution in [3.05, 3.63) is 0 Å². The highest BCUT2D eigenvalue weighted by molar-refractivity contribution is 5.89. The molecule has 1 heterocycles. The Balaban J connectivity index is 1.62. The second-order valence-electron chi connectivity index (χ2n) is 7.38. The van der Waals surface area contributed by atoms with Crippen LogP contribution in [0.4, 0.5) is 0 Å². The van der Waals surface area contributed by atoms with Crippen molar-refractivity contribution >= 4 is 5.91 Å². The molecule has 0 aromatic rings. The fraction of sp³-hybridized carbons (Fsp3) is 0.938. The van der Waals surface area contributed by atoms with E-state index in [4.69, 9.17) is 15.2 Å². The summed E-state index contributed by atoms with van der Waals surface area (Å²) in [7, 11) is 0. The minimum atomic E-state index is -0.830. The van der Waals surface area contributed by atoms with Gasteiger partial charge in [-0.3, -0.25) is 4.79 Å². The maximum Gasteiger partial charge on any atom is 0.241 e. The molecule has 2 saturated carbocycles. The molecule has 3 aliphatic rings. The quantitative estimate of drug-likeness (QED) is 0.799. The fourth-order valence-electron chi connectivity index (χ4n) is 3.77. The molecule has 4 atom stereocenters. The van der Waals surface area contributed by atoms with E-state index in [0.717, 1.165) is 13.0 Å². The molecule has 1 amide bonds. The van der Waals surface area contributed by atoms with Crippen molar-refractivity contribution in [1.29, 1.82) is 0 Å². The van der Waals surface area contributed by atoms with Gasteiger partial charge in [0.2, 0.25) is 5.91 Å². The second-order valence-corrected chi connectivity index (χ2v) is 7.38. The van der Waals surface area contributed by atoms with Gasteiger partial charge in [-0.1, -0.05) is 13.8 Å². The molecule has 5 nitrogen and oxygen atoms in total. The van der Waals surface area contributed by atoms with Crippen LogP contribution in [0.2, 0.25) is 0 Å². The Kier molecular flexibility index (Phi) is 3.79. The van der Waals surface area contributed by atoms with Gasteiger partial charge in [0.1, 0.15) is 5.54 Å². The van der Waals surface area contributed by atoms with E-state index in [1.54, 1.807) is 0 Å². The molecule has 0 bridgehead atoms. The highest BCUT2D eigenvalue weighted by Gasteiger charge is 2.63. The maximum atomic E-state index is 12.7. The van der Waals surface area contributed by atoms with Gasteiger partial charge in [-0.15, -0.1) is 0 Å². The van der Waals surface area contributed by atoms with Gasteiger partial charge in [0.05, 0.1) is 18.2 Å². The molecule has 4 unspecified atom stereocenters. The summed E-state index contributed by atoms with van der Waals surface area (Å²) in [4.78, 5) is 12.7. The van der Waals surface area contributed by atoms with E-state index >= 15 is 0 Å². The van der Waals surface area contributed by atoms with Crippen LogP contribution in [0.25, 0.3) is 0 Å². The summed E-state index contributed by atoms with van der Waals surface area (Å²) in [6, 6.07) is 0.132. The van der Waals surface area contributed by atoms with Crippen LogP contribution < -0.4 is 11.1 Å². The lowest BCUT2D eigenvalue weighted by molar-refractivity contribution is -0.171. The van der Waals surface area contributed by atoms with Crippen molar-refractivity contribution in [3.63, 3.8) is 0 Å². The lowest BCUT2D eigenvalue weighted by atomic mass is 9.54. The van der Waals surface area contributed by atoms with Gasteiger partial charge in [-0.2, -0.15) is 0 Å². The van der Waals surface area contributed by atoms with Crippen molar-refractivity contribution in [3.8, 4) is 0 Å². The minimum Gasteiger partial charge on any atom is -0.378 e. The zero-order valence-corrected chi connectivity index (χ0v) is 13.4. The first kappa shape index (κ1) is 15.3. The lowest BCUT2D eigenvalue weighted by Crippen LogP contribution is -2.76. The van der Waals surface area contributed by atoms with E-state index in [2.05, 4.69) is 5.32 Å². The Morgan fingerprint density at radius 1 is 1.38 bits per heavy atom. The summed E-state index contributed by atoms with van der Waals surface area (Å²) < 4.78 is 11.5. The van der Waals surface area contributed by atoms with E-state index < -0.39 is 5.54 Å². The van der Waals surface area contributed by atoms with Crippen LogP contribution in [0.3, 0.4) is 0 Å². The second kappa shape index (κ2) is 5.21. The third-order valence-corrected chi connectivity index (χ3v) is 5.77. The van der Waals surface area contributed by atoms with E-state index in [-0.39, 0.29) is 29.6 Å². The number of ether oxygens (including phenoxy) is 2. The summed E-state index contributed by atoms with van der Waals surface area (Å²) >= 11 is 0. The number of amides is 1. The first-order chi connectivity index (χ1) is 9.90. The number of nitrogens with one attached hydrogen (secondary N) is 1. The monoisotopic (exact) mass is 296 g/mol. The number of carbonyl (C=O) groups is 1. The third kappa shape index (κ3) is 2.39. The molecule has 21 heavy (non-hydrogen) atoms. The molecule has 5 heteroatoms. The first-order valence-corrected chi connectivity index (χ1v) is 8.23. The Labute approximate surface area is 126 Å². The number of rotatable bonds is 5. The average Bonchev–Trinajstić information content (AvgIpc) is 3.18. The molecular weight excluding hydrogens is 268 g/mol. The van der Waals surface area contributed by atoms with Crippen LogP contribution in [0, 0.1) is 11.3 Å². The normalized spacial score (nSPS) is 41.6. The van der Waals surface area contributed by atoms with Gasteiger partial charge in [0, 0.05) is 25.0 Å². The first-order valence-electron chi connectivity index (χ1n) is 8.23. The topological polar surface area (TPSA) is 73.6 Å². The highest BCUT2D eigenvalue weighted by Crippen LogP contribution is 2.50. The van der Waals surface area contributed by atoms with Crippen LogP contribution in [-0.2, 0) is 14.3 Å². The number of hydrogen-bond acceptors (Lipinski definition) is 4. The largest absolute Gasteiger partial charge is 0.378 e. The van der Waals surface area contributed by atoms with Crippen molar-refractivity contribution < 1.29 is 14.3 Å². The summed E-state index contributed by atoms with van der Waals surface area (Å²) in [6.45, 7) is 7.43. The van der Waals surface area contributed by atoms with Crippen LogP contribution in [0.5, 0.6) is 0 Å². The lowest BCUT2D eigenvalue weighted by Gasteiger charge is -2.57. The zero-order chi connectivity index (χ0) is 15.3. The summed E-state index contributed by atoms with van der Waals surface area (Å²) in [5.41, 5.74) is 5.27. The zero-order valence-electron chi connectivity index (χ0n) is 13.4. The van der Waals surface area contributed by atoms with Crippen LogP contribution in [0.1, 0.15) is 46.5 Å². The number of carbonyl (C=O) groups excluding carboxylic acids is 1. The maximum absolute atomic E-state index is 12.7. The number of hydrogen-bond donors (Lipinski definition) is 2. The van der Waals surface area contributed by atoms with Gasteiger partial charge in [-0.25, -0.2) is 0 Å². The van der Waals surface area contributed by atoms with Crippen LogP contribution in [0.15, 0.2) is 0 Å². The molecule has 0 aromatic heterocycles. The molecule has 3 fully saturated rings. The Morgan fingerprint density at radius 3 is 2.67 bits per heavy atom. The molecule has 1 aliphatic heterocycles. The molecule has 3 N–H and O–H groups in total. The molecule has 0 spiro atoms. The average molecular weight is 296 g/mol. The molecule has 1 saturated heterocycles. The number of nitrogens with two attached hydrogens (primary N) is 1. The smallest absolute Gasteiger partial charge is 0.241 e. The predicted octanol–water partition coefficient (Wildman–Crippen LogP) is 1.20. The van der Waals surface area contributed by atoms with Crippen molar-refractivity contribution in [2.24, 2.45) is 17.1 Å². The van der Waals surface area contributed by atoms with Crippen molar-refractivity contribution in [1.82, 2.24) is 5.32 Å². The van der Waals surface area contributed by atoms with Gasteiger partial charge >= 0.3 is 0 Å². The summed E-state index contributed by atoms with van der Waals surface area (Å²) in [6.07, 6.45) is 4.21. The molecular formula is C16H28N2O3. The summed E-state index contributed by atoms with van der Waals surface area (Å²) in [5.74, 6) is 0.599. The van der Waals surface area contributed by atoms with E-state index in [1.165, 1.54) is 12.8 Å². The van der Waals surface area contributed by atoms with Gasteiger partial charge < -0.3 is 20.5 Å². The van der Waals surface area contributed by atoms with Crippen LogP contribution in [-0.4, -0.2) is 42.9 Å². The SMILES string of the molecule is CCOC1CC(N)(C(=O)NC2CCOC2C2CC2)C1(C)C. The van der Waals surface area contributed by atoms with Crippen LogP contribution >= 0.6 is 0 Å². The highest BCUT2D eigenvalue weighted by atomic mass is 16.5. The Bertz CT molecular complexity index is 422.